The maximum Gasteiger partial charge on any atom is 0.446 e. The molecule has 0 aromatic heterocycles. The van der Waals surface area contributed by atoms with Crippen molar-refractivity contribution in [3.05, 3.63) is 0 Å². The second-order valence-corrected chi connectivity index (χ2v) is 3.28. The number of halogens is 3. The van der Waals surface area contributed by atoms with Gasteiger partial charge in [-0.05, 0) is 0 Å². The van der Waals surface area contributed by atoms with E-state index in [1.807, 2.05) is 0 Å². The number of hydrogen-bond acceptors (Lipinski definition) is 6. The fourth-order valence-electron chi connectivity index (χ4n) is 1.27. The maximum atomic E-state index is 12.3. The van der Waals surface area contributed by atoms with Crippen molar-refractivity contribution in [2.75, 3.05) is 6.61 Å². The van der Waals surface area contributed by atoms with Crippen LogP contribution < -0.4 is 0 Å². The third-order valence-electron chi connectivity index (χ3n) is 2.20. The summed E-state index contributed by atoms with van der Waals surface area (Å²) in [7, 11) is 0. The second-order valence-electron chi connectivity index (χ2n) is 3.28. The van der Waals surface area contributed by atoms with E-state index in [2.05, 4.69) is 4.74 Å². The number of hydrogen-bond donors (Lipinski definition) is 4. The van der Waals surface area contributed by atoms with Crippen LogP contribution >= 0.6 is 0 Å². The lowest BCUT2D eigenvalue weighted by atomic mass is 9.93. The van der Waals surface area contributed by atoms with Crippen LogP contribution in [0.5, 0.6) is 0 Å². The molecular formula is C7H9F3O6. The Morgan fingerprint density at radius 1 is 1.38 bits per heavy atom. The van der Waals surface area contributed by atoms with Crippen molar-refractivity contribution in [1.29, 1.82) is 0 Å². The van der Waals surface area contributed by atoms with Crippen LogP contribution in [0.15, 0.2) is 0 Å². The molecule has 16 heavy (non-hydrogen) atoms. The van der Waals surface area contributed by atoms with E-state index in [0.29, 0.717) is 0 Å². The van der Waals surface area contributed by atoms with Crippen LogP contribution in [-0.4, -0.2) is 63.1 Å². The van der Waals surface area contributed by atoms with Gasteiger partial charge in [0.25, 0.3) is 5.79 Å². The molecule has 0 saturated carbocycles. The monoisotopic (exact) mass is 246 g/mol. The summed E-state index contributed by atoms with van der Waals surface area (Å²) in [4.78, 5) is 11.0. The molecule has 4 atom stereocenters. The average Bonchev–Trinajstić information content (AvgIpc) is 2.19. The Bertz CT molecular complexity index is 288. The predicted molar refractivity (Wildman–Crippen MR) is 40.0 cm³/mol. The first-order valence-corrected chi connectivity index (χ1v) is 4.12. The molecular weight excluding hydrogens is 237 g/mol. The Balaban J connectivity index is 3.08. The Kier molecular flexibility index (Phi) is 3.27. The number of aliphatic hydroxyl groups is 4. The van der Waals surface area contributed by atoms with Crippen molar-refractivity contribution in [3.63, 3.8) is 0 Å². The maximum absolute atomic E-state index is 12.3. The first kappa shape index (κ1) is 13.3. The van der Waals surface area contributed by atoms with Crippen LogP contribution in [0.25, 0.3) is 0 Å². The summed E-state index contributed by atoms with van der Waals surface area (Å²) in [6.45, 7) is -1.15. The third kappa shape index (κ3) is 1.80. The Labute approximate surface area is 86.9 Å². The number of Topliss-reactive ketones (excluding diaryl/α,β-unsaturated/α-hetero) is 1. The molecule has 6 nitrogen and oxygen atoms in total. The molecule has 1 heterocycles. The molecule has 1 rings (SSSR count). The zero-order chi connectivity index (χ0) is 12.7. The highest BCUT2D eigenvalue weighted by Crippen LogP contribution is 2.39. The van der Waals surface area contributed by atoms with Gasteiger partial charge in [0.2, 0.25) is 0 Å². The normalized spacial score (nSPS) is 41.2. The van der Waals surface area contributed by atoms with Gasteiger partial charge in [-0.15, -0.1) is 0 Å². The van der Waals surface area contributed by atoms with E-state index >= 15 is 0 Å². The van der Waals surface area contributed by atoms with E-state index in [4.69, 9.17) is 20.4 Å². The van der Waals surface area contributed by atoms with E-state index < -0.39 is 42.7 Å². The zero-order valence-corrected chi connectivity index (χ0v) is 7.68. The lowest BCUT2D eigenvalue weighted by molar-refractivity contribution is -0.416. The molecule has 0 amide bonds. The van der Waals surface area contributed by atoms with Gasteiger partial charge in [-0.3, -0.25) is 4.79 Å². The van der Waals surface area contributed by atoms with Gasteiger partial charge in [0.15, 0.2) is 11.9 Å². The van der Waals surface area contributed by atoms with Gasteiger partial charge in [0.05, 0.1) is 6.61 Å². The first-order chi connectivity index (χ1) is 7.15. The summed E-state index contributed by atoms with van der Waals surface area (Å²) in [6, 6.07) is 0. The van der Waals surface area contributed by atoms with E-state index in [1.165, 1.54) is 0 Å². The quantitative estimate of drug-likeness (QED) is 0.423. The summed E-state index contributed by atoms with van der Waals surface area (Å²) >= 11 is 0. The molecule has 0 radical (unpaired) electrons. The Hall–Kier alpha value is -0.740. The van der Waals surface area contributed by atoms with Crippen molar-refractivity contribution in [1.82, 2.24) is 0 Å². The van der Waals surface area contributed by atoms with E-state index in [-0.39, 0.29) is 0 Å². The number of alkyl halides is 3. The molecule has 4 unspecified atom stereocenters. The minimum Gasteiger partial charge on any atom is -0.393 e. The highest BCUT2D eigenvalue weighted by Gasteiger charge is 2.67. The number of rotatable bonds is 1. The predicted octanol–water partition coefficient (Wildman–Crippen LogP) is -2.08. The van der Waals surface area contributed by atoms with E-state index in [0.717, 1.165) is 0 Å². The fraction of sp³-hybridized carbons (Fsp3) is 0.857. The van der Waals surface area contributed by atoms with Crippen molar-refractivity contribution < 1.29 is 43.1 Å². The van der Waals surface area contributed by atoms with Crippen LogP contribution in [0.1, 0.15) is 0 Å². The van der Waals surface area contributed by atoms with Crippen molar-refractivity contribution >= 4 is 5.78 Å². The summed E-state index contributed by atoms with van der Waals surface area (Å²) in [5.41, 5.74) is 0. The SMILES string of the molecule is O=C1C(CO)OC(O)(C(F)(F)F)C(O)C1O. The van der Waals surface area contributed by atoms with Gasteiger partial charge < -0.3 is 25.2 Å². The molecule has 1 aliphatic rings. The van der Waals surface area contributed by atoms with E-state index in [1.54, 1.807) is 0 Å². The highest BCUT2D eigenvalue weighted by atomic mass is 19.4. The minimum atomic E-state index is -5.42. The third-order valence-corrected chi connectivity index (χ3v) is 2.20. The van der Waals surface area contributed by atoms with Crippen LogP contribution in [-0.2, 0) is 9.53 Å². The molecule has 9 heteroatoms. The highest BCUT2D eigenvalue weighted by molar-refractivity contribution is 5.88. The smallest absolute Gasteiger partial charge is 0.393 e. The zero-order valence-electron chi connectivity index (χ0n) is 7.68. The van der Waals surface area contributed by atoms with Crippen molar-refractivity contribution in [3.8, 4) is 0 Å². The summed E-state index contributed by atoms with van der Waals surface area (Å²) in [5.74, 6) is -5.41. The number of carbonyl (C=O) groups is 1. The first-order valence-electron chi connectivity index (χ1n) is 4.12. The van der Waals surface area contributed by atoms with Crippen LogP contribution in [0.2, 0.25) is 0 Å². The standard InChI is InChI=1S/C7H9F3O6/c8-7(9,10)6(15)5(14)4(13)3(12)2(1-11)16-6/h2,4-5,11,13-15H,1H2. The second kappa shape index (κ2) is 3.93. The lowest BCUT2D eigenvalue weighted by Crippen LogP contribution is -2.69. The summed E-state index contributed by atoms with van der Waals surface area (Å²) in [6.07, 6.45) is -12.8. The molecule has 1 aliphatic heterocycles. The summed E-state index contributed by atoms with van der Waals surface area (Å²) < 4.78 is 40.9. The molecule has 0 bridgehead atoms. The minimum absolute atomic E-state index is 1.15. The number of carbonyl (C=O) groups excluding carboxylic acids is 1. The average molecular weight is 246 g/mol. The number of aliphatic hydroxyl groups excluding tert-OH is 3. The fourth-order valence-corrected chi connectivity index (χ4v) is 1.27. The van der Waals surface area contributed by atoms with E-state index in [9.17, 15) is 18.0 Å². The van der Waals surface area contributed by atoms with Crippen LogP contribution in [0.4, 0.5) is 13.2 Å². The molecule has 4 N–H and O–H groups in total. The Morgan fingerprint density at radius 3 is 2.25 bits per heavy atom. The van der Waals surface area contributed by atoms with Crippen molar-refractivity contribution in [2.45, 2.75) is 30.3 Å². The van der Waals surface area contributed by atoms with Gasteiger partial charge in [0, 0.05) is 0 Å². The van der Waals surface area contributed by atoms with Crippen LogP contribution in [0.3, 0.4) is 0 Å². The van der Waals surface area contributed by atoms with Gasteiger partial charge in [-0.25, -0.2) is 0 Å². The van der Waals surface area contributed by atoms with Gasteiger partial charge >= 0.3 is 6.18 Å². The lowest BCUT2D eigenvalue weighted by Gasteiger charge is -2.42. The topological polar surface area (TPSA) is 107 Å². The van der Waals surface area contributed by atoms with Gasteiger partial charge in [0.1, 0.15) is 12.2 Å². The van der Waals surface area contributed by atoms with Gasteiger partial charge in [-0.1, -0.05) is 0 Å². The van der Waals surface area contributed by atoms with Crippen molar-refractivity contribution in [2.24, 2.45) is 0 Å². The molecule has 1 saturated heterocycles. The van der Waals surface area contributed by atoms with Gasteiger partial charge in [-0.2, -0.15) is 13.2 Å². The van der Waals surface area contributed by atoms with Crippen LogP contribution in [0, 0.1) is 0 Å². The molecule has 94 valence electrons. The molecule has 1 fully saturated rings. The molecule has 0 spiro atoms. The molecule has 0 aromatic rings. The molecule has 0 aromatic carbocycles. The largest absolute Gasteiger partial charge is 0.446 e. The number of ether oxygens (including phenoxy) is 1. The summed E-state index contributed by atoms with van der Waals surface area (Å²) in [5, 5.41) is 35.6. The molecule has 0 aliphatic carbocycles. The Morgan fingerprint density at radius 2 is 1.88 bits per heavy atom. The number of ketones is 1.